The van der Waals surface area contributed by atoms with Crippen molar-refractivity contribution in [2.75, 3.05) is 0 Å². The number of rotatable bonds is 0. The fourth-order valence-corrected chi connectivity index (χ4v) is 7.29. The highest BCUT2D eigenvalue weighted by molar-refractivity contribution is 6.15. The third kappa shape index (κ3) is 1.59. The van der Waals surface area contributed by atoms with Gasteiger partial charge in [-0.05, 0) is 61.0 Å². The van der Waals surface area contributed by atoms with Crippen LogP contribution in [-0.4, -0.2) is 9.38 Å². The van der Waals surface area contributed by atoms with Gasteiger partial charge < -0.3 is 4.74 Å². The van der Waals surface area contributed by atoms with Crippen molar-refractivity contribution in [3.63, 3.8) is 0 Å². The van der Waals surface area contributed by atoms with Crippen LogP contribution in [0.2, 0.25) is 0 Å². The molecule has 1 spiro atoms. The van der Waals surface area contributed by atoms with Gasteiger partial charge in [0.15, 0.2) is 17.2 Å². The summed E-state index contributed by atoms with van der Waals surface area (Å²) in [5.74, 6) is 1.85. The van der Waals surface area contributed by atoms with E-state index in [9.17, 15) is 0 Å². The Balaban J connectivity index is 1.61. The lowest BCUT2D eigenvalue weighted by molar-refractivity contribution is -0.940. The first-order valence-electron chi connectivity index (χ1n) is 12.3. The molecule has 36 heavy (non-hydrogen) atoms. The Morgan fingerprint density at radius 1 is 0.861 bits per heavy atom. The van der Waals surface area contributed by atoms with Gasteiger partial charge in [0.2, 0.25) is 11.3 Å². The van der Waals surface area contributed by atoms with Gasteiger partial charge in [0.05, 0.1) is 16.3 Å². The maximum atomic E-state index is 6.68. The third-order valence-electron chi connectivity index (χ3n) is 8.47. The highest BCUT2D eigenvalue weighted by Crippen LogP contribution is 2.57. The van der Waals surface area contributed by atoms with Gasteiger partial charge in [0.25, 0.3) is 0 Å². The number of imidazole rings is 1. The minimum absolute atomic E-state index is 0.573. The van der Waals surface area contributed by atoms with Crippen molar-refractivity contribution in [2.45, 2.75) is 12.6 Å². The van der Waals surface area contributed by atoms with Crippen molar-refractivity contribution in [3.8, 4) is 22.8 Å². The van der Waals surface area contributed by atoms with Crippen molar-refractivity contribution < 1.29 is 13.9 Å². The first-order chi connectivity index (χ1) is 17.8. The van der Waals surface area contributed by atoms with E-state index >= 15 is 0 Å². The summed E-state index contributed by atoms with van der Waals surface area (Å²) < 4.78 is 14.1. The first kappa shape index (κ1) is 17.6. The molecule has 10 rings (SSSR count). The number of hydrogen-bond acceptors (Lipinski definition) is 2. The lowest BCUT2D eigenvalue weighted by Crippen LogP contribution is -2.71. The summed E-state index contributed by atoms with van der Waals surface area (Å²) in [5, 5.41) is 3.60. The van der Waals surface area contributed by atoms with Crippen LogP contribution in [0.5, 0.6) is 11.5 Å². The number of hydrogen-bond donors (Lipinski definition) is 0. The summed E-state index contributed by atoms with van der Waals surface area (Å²) >= 11 is 0. The number of fused-ring (bicyclic) bond motifs is 8. The second kappa shape index (κ2) is 5.39. The molecule has 5 heteroatoms. The fourth-order valence-electron chi connectivity index (χ4n) is 7.29. The lowest BCUT2D eigenvalue weighted by Gasteiger charge is -2.28. The second-order valence-electron chi connectivity index (χ2n) is 10.1. The number of aryl methyl sites for hydroxylation is 1. The molecule has 0 aliphatic carbocycles. The zero-order valence-corrected chi connectivity index (χ0v) is 19.4. The largest absolute Gasteiger partial charge is 0.456 e. The summed E-state index contributed by atoms with van der Waals surface area (Å²) in [6.45, 7) is 2.17. The molecule has 1 unspecified atom stereocenters. The number of benzene rings is 3. The van der Waals surface area contributed by atoms with Gasteiger partial charge in [-0.2, -0.15) is 4.40 Å². The smallest absolute Gasteiger partial charge is 0.372 e. The Morgan fingerprint density at radius 3 is 2.75 bits per heavy atom. The standard InChI is InChI=1S/C31H18N4O/c1-17-13-15-33-23(16-17)20-6-4-10-24-27(20)31(33)28-25(36-24)12-11-18-19-7-5-14-32-29(19)34-21-8-2-3-9-22(21)35(31)30(34)26(18)28/h2-16H,1H3/q+2. The molecular formula is C31H18N4O+2. The average Bonchev–Trinajstić information content (AvgIpc) is 3.52. The van der Waals surface area contributed by atoms with E-state index in [0.717, 1.165) is 28.0 Å². The molecule has 3 aliphatic rings. The predicted molar refractivity (Wildman–Crippen MR) is 136 cm³/mol. The van der Waals surface area contributed by atoms with Crippen molar-refractivity contribution >= 4 is 38.5 Å². The Labute approximate surface area is 205 Å². The summed E-state index contributed by atoms with van der Waals surface area (Å²) in [5.41, 5.74) is 10.0. The molecule has 0 radical (unpaired) electrons. The highest BCUT2D eigenvalue weighted by Gasteiger charge is 2.68. The summed E-state index contributed by atoms with van der Waals surface area (Å²) in [4.78, 5) is 4.91. The monoisotopic (exact) mass is 462 g/mol. The van der Waals surface area contributed by atoms with Crippen LogP contribution in [0.15, 0.2) is 91.3 Å². The first-order valence-corrected chi connectivity index (χ1v) is 12.3. The van der Waals surface area contributed by atoms with Crippen LogP contribution in [0, 0.1) is 6.92 Å². The Bertz CT molecular complexity index is 2210. The topological polar surface area (TPSA) is 34.3 Å². The van der Waals surface area contributed by atoms with Crippen LogP contribution >= 0.6 is 0 Å². The number of pyridine rings is 3. The van der Waals surface area contributed by atoms with Crippen LogP contribution in [0.1, 0.15) is 16.7 Å². The lowest BCUT2D eigenvalue weighted by atomic mass is 9.85. The Hall–Kier alpha value is -4.77. The van der Waals surface area contributed by atoms with Crippen LogP contribution in [0.25, 0.3) is 49.7 Å². The van der Waals surface area contributed by atoms with E-state index in [0.29, 0.717) is 0 Å². The highest BCUT2D eigenvalue weighted by atomic mass is 16.5. The molecule has 0 saturated carbocycles. The summed E-state index contributed by atoms with van der Waals surface area (Å²) in [6.07, 6.45) is 4.16. The Kier molecular flexibility index (Phi) is 2.64. The van der Waals surface area contributed by atoms with Gasteiger partial charge in [-0.1, -0.05) is 18.2 Å². The molecule has 7 aromatic rings. The van der Waals surface area contributed by atoms with Crippen LogP contribution < -0.4 is 13.9 Å². The zero-order chi connectivity index (χ0) is 23.3. The summed E-state index contributed by atoms with van der Waals surface area (Å²) in [7, 11) is 0. The normalized spacial score (nSPS) is 17.9. The molecule has 5 nitrogen and oxygen atoms in total. The average molecular weight is 463 g/mol. The van der Waals surface area contributed by atoms with Gasteiger partial charge >= 0.3 is 11.3 Å². The number of ether oxygens (including phenoxy) is 1. The minimum atomic E-state index is -0.573. The maximum absolute atomic E-state index is 6.68. The number of para-hydroxylation sites is 2. The van der Waals surface area contributed by atoms with Crippen molar-refractivity contribution in [1.29, 1.82) is 0 Å². The van der Waals surface area contributed by atoms with Gasteiger partial charge in [0.1, 0.15) is 22.6 Å². The second-order valence-corrected chi connectivity index (χ2v) is 10.1. The molecule has 4 aromatic heterocycles. The minimum Gasteiger partial charge on any atom is -0.456 e. The predicted octanol–water partition coefficient (Wildman–Crippen LogP) is 5.37. The van der Waals surface area contributed by atoms with E-state index < -0.39 is 5.66 Å². The van der Waals surface area contributed by atoms with Crippen LogP contribution in [-0.2, 0) is 5.66 Å². The van der Waals surface area contributed by atoms with E-state index in [-0.39, 0.29) is 0 Å². The van der Waals surface area contributed by atoms with Crippen molar-refractivity contribution in [1.82, 2.24) is 9.38 Å². The molecule has 0 bridgehead atoms. The quantitative estimate of drug-likeness (QED) is 0.224. The molecule has 0 fully saturated rings. The van der Waals surface area contributed by atoms with Gasteiger partial charge in [-0.3, -0.25) is 0 Å². The zero-order valence-electron chi connectivity index (χ0n) is 19.4. The van der Waals surface area contributed by atoms with Crippen LogP contribution in [0.3, 0.4) is 0 Å². The molecule has 0 saturated heterocycles. The number of nitrogens with zero attached hydrogens (tertiary/aromatic N) is 4. The Morgan fingerprint density at radius 2 is 1.78 bits per heavy atom. The molecule has 166 valence electrons. The van der Waals surface area contributed by atoms with Gasteiger partial charge in [-0.15, -0.1) is 9.13 Å². The molecule has 3 aliphatic heterocycles. The SMILES string of the molecule is Cc1cc[n+]2c(c1)-c1cccc3c1C21c2c(ccc4c5cccnc5n5c6ccccc6[n+]1c5c24)O3. The van der Waals surface area contributed by atoms with E-state index in [1.54, 1.807) is 0 Å². The molecule has 7 heterocycles. The van der Waals surface area contributed by atoms with Gasteiger partial charge in [-0.25, -0.2) is 4.98 Å². The maximum Gasteiger partial charge on any atom is 0.372 e. The molecule has 0 amide bonds. The molecular weight excluding hydrogens is 444 g/mol. The van der Waals surface area contributed by atoms with Crippen LogP contribution in [0.4, 0.5) is 0 Å². The van der Waals surface area contributed by atoms with E-state index in [1.807, 2.05) is 12.3 Å². The van der Waals surface area contributed by atoms with E-state index in [2.05, 4.69) is 99.5 Å². The number of aromatic nitrogens is 4. The molecule has 3 aromatic carbocycles. The third-order valence-corrected chi connectivity index (χ3v) is 8.47. The van der Waals surface area contributed by atoms with Gasteiger partial charge in [0, 0.05) is 23.7 Å². The molecule has 0 N–H and O–H groups in total. The van der Waals surface area contributed by atoms with Crippen molar-refractivity contribution in [2.24, 2.45) is 0 Å². The van der Waals surface area contributed by atoms with E-state index in [1.165, 1.54) is 49.9 Å². The fraction of sp³-hybridized carbons (Fsp3) is 0.0645. The van der Waals surface area contributed by atoms with Crippen molar-refractivity contribution in [3.05, 3.63) is 108 Å². The summed E-state index contributed by atoms with van der Waals surface area (Å²) in [6, 6.07) is 28.3. The molecule has 1 atom stereocenters. The van der Waals surface area contributed by atoms with E-state index in [4.69, 9.17) is 9.72 Å².